The van der Waals surface area contributed by atoms with Crippen LogP contribution in [-0.2, 0) is 4.74 Å². The topological polar surface area (TPSA) is 58.8 Å². The van der Waals surface area contributed by atoms with Crippen molar-refractivity contribution in [2.75, 3.05) is 39.3 Å². The molecule has 0 saturated carbocycles. The third-order valence-corrected chi connectivity index (χ3v) is 3.30. The minimum atomic E-state index is -0.422. The van der Waals surface area contributed by atoms with Crippen LogP contribution in [0.4, 0.5) is 4.79 Å². The first-order valence-electron chi connectivity index (χ1n) is 7.39. The Morgan fingerprint density at radius 3 is 2.30 bits per heavy atom. The molecular weight excluding hydrogens is 254 g/mol. The molecule has 1 heterocycles. The second kappa shape index (κ2) is 7.64. The van der Waals surface area contributed by atoms with E-state index < -0.39 is 5.60 Å². The van der Waals surface area contributed by atoms with E-state index in [1.807, 2.05) is 20.8 Å². The van der Waals surface area contributed by atoms with Crippen molar-refractivity contribution in [1.82, 2.24) is 9.80 Å². The Labute approximate surface area is 122 Å². The molecule has 0 bridgehead atoms. The molecule has 0 aromatic rings. The molecule has 20 heavy (non-hydrogen) atoms. The van der Waals surface area contributed by atoms with E-state index in [1.54, 1.807) is 4.90 Å². The molecule has 0 atom stereocenters. The number of carbonyl (C=O) groups is 1. The van der Waals surface area contributed by atoms with Crippen molar-refractivity contribution in [2.24, 2.45) is 5.73 Å². The maximum absolute atomic E-state index is 11.9. The second-order valence-corrected chi connectivity index (χ2v) is 6.35. The highest BCUT2D eigenvalue weighted by Gasteiger charge is 2.25. The second-order valence-electron chi connectivity index (χ2n) is 6.35. The third-order valence-electron chi connectivity index (χ3n) is 3.30. The summed E-state index contributed by atoms with van der Waals surface area (Å²) < 4.78 is 5.38. The molecule has 5 nitrogen and oxygen atoms in total. The number of rotatable bonds is 5. The van der Waals surface area contributed by atoms with Gasteiger partial charge in [-0.3, -0.25) is 4.90 Å². The van der Waals surface area contributed by atoms with Crippen LogP contribution in [-0.4, -0.2) is 60.8 Å². The highest BCUT2D eigenvalue weighted by Crippen LogP contribution is 2.12. The van der Waals surface area contributed by atoms with Crippen molar-refractivity contribution in [3.05, 3.63) is 12.2 Å². The van der Waals surface area contributed by atoms with Gasteiger partial charge in [0.25, 0.3) is 0 Å². The number of hydrogen-bond acceptors (Lipinski definition) is 4. The first kappa shape index (κ1) is 17.0. The highest BCUT2D eigenvalue weighted by atomic mass is 16.6. The maximum Gasteiger partial charge on any atom is 0.410 e. The number of hydrogen-bond donors (Lipinski definition) is 1. The summed E-state index contributed by atoms with van der Waals surface area (Å²) in [5.74, 6) is 0. The lowest BCUT2D eigenvalue weighted by atomic mass is 10.1. The molecule has 1 aliphatic heterocycles. The minimum absolute atomic E-state index is 0.204. The van der Waals surface area contributed by atoms with Gasteiger partial charge in [0, 0.05) is 32.7 Å². The van der Waals surface area contributed by atoms with E-state index in [1.165, 1.54) is 5.57 Å². The van der Waals surface area contributed by atoms with E-state index in [0.29, 0.717) is 6.54 Å². The van der Waals surface area contributed by atoms with Crippen LogP contribution in [0.3, 0.4) is 0 Å². The number of nitrogens with zero attached hydrogens (tertiary/aromatic N) is 2. The van der Waals surface area contributed by atoms with Crippen LogP contribution >= 0.6 is 0 Å². The van der Waals surface area contributed by atoms with Gasteiger partial charge in [-0.25, -0.2) is 4.79 Å². The lowest BCUT2D eigenvalue weighted by Gasteiger charge is -2.35. The lowest BCUT2D eigenvalue weighted by molar-refractivity contribution is 0.0146. The van der Waals surface area contributed by atoms with Crippen LogP contribution in [0.5, 0.6) is 0 Å². The molecule has 0 radical (unpaired) electrons. The summed E-state index contributed by atoms with van der Waals surface area (Å²) in [6.07, 6.45) is 1.69. The molecule has 116 valence electrons. The van der Waals surface area contributed by atoms with Crippen LogP contribution in [0.25, 0.3) is 0 Å². The fourth-order valence-electron chi connectivity index (χ4n) is 2.13. The summed E-state index contributed by atoms with van der Waals surface area (Å²) >= 11 is 0. The molecule has 1 fully saturated rings. The molecule has 5 heteroatoms. The number of piperazine rings is 1. The van der Waals surface area contributed by atoms with Gasteiger partial charge in [-0.2, -0.15) is 0 Å². The van der Waals surface area contributed by atoms with Gasteiger partial charge in [-0.15, -0.1) is 0 Å². The Bertz CT molecular complexity index is 329. The van der Waals surface area contributed by atoms with Gasteiger partial charge in [0.1, 0.15) is 5.60 Å². The number of amides is 1. The van der Waals surface area contributed by atoms with E-state index in [-0.39, 0.29) is 6.09 Å². The molecule has 1 saturated heterocycles. The van der Waals surface area contributed by atoms with Crippen LogP contribution in [0, 0.1) is 0 Å². The molecule has 1 amide bonds. The Kier molecular flexibility index (Phi) is 6.49. The molecule has 1 rings (SSSR count). The first-order valence-corrected chi connectivity index (χ1v) is 7.39. The van der Waals surface area contributed by atoms with Gasteiger partial charge in [0.15, 0.2) is 0 Å². The number of ether oxygens (including phenoxy) is 1. The van der Waals surface area contributed by atoms with Gasteiger partial charge >= 0.3 is 6.09 Å². The molecule has 0 aromatic heterocycles. The van der Waals surface area contributed by atoms with Gasteiger partial charge in [-0.05, 0) is 40.2 Å². The normalized spacial score (nSPS) is 17.1. The van der Waals surface area contributed by atoms with Gasteiger partial charge in [0.2, 0.25) is 0 Å². The van der Waals surface area contributed by atoms with Gasteiger partial charge in [0.05, 0.1) is 0 Å². The summed E-state index contributed by atoms with van der Waals surface area (Å²) in [6.45, 7) is 14.6. The van der Waals surface area contributed by atoms with E-state index in [2.05, 4.69) is 11.5 Å². The maximum atomic E-state index is 11.9. The summed E-state index contributed by atoms with van der Waals surface area (Å²) in [6, 6.07) is 0. The van der Waals surface area contributed by atoms with E-state index in [4.69, 9.17) is 10.5 Å². The molecular formula is C15H29N3O2. The SMILES string of the molecule is C=C(CCN)CCN1CCN(C(=O)OC(C)(C)C)CC1. The summed E-state index contributed by atoms with van der Waals surface area (Å²) in [7, 11) is 0. The third kappa shape index (κ3) is 6.39. The Balaban J connectivity index is 2.26. The fraction of sp³-hybridized carbons (Fsp3) is 0.800. The molecule has 0 spiro atoms. The summed E-state index contributed by atoms with van der Waals surface area (Å²) in [5, 5.41) is 0. The minimum Gasteiger partial charge on any atom is -0.444 e. The number of carbonyl (C=O) groups excluding carboxylic acids is 1. The van der Waals surface area contributed by atoms with Crippen molar-refractivity contribution in [2.45, 2.75) is 39.2 Å². The van der Waals surface area contributed by atoms with Crippen molar-refractivity contribution < 1.29 is 9.53 Å². The molecule has 1 aliphatic rings. The zero-order valence-corrected chi connectivity index (χ0v) is 13.2. The predicted molar refractivity (Wildman–Crippen MR) is 81.7 cm³/mol. The summed E-state index contributed by atoms with van der Waals surface area (Å²) in [5.41, 5.74) is 6.30. The lowest BCUT2D eigenvalue weighted by Crippen LogP contribution is -2.50. The smallest absolute Gasteiger partial charge is 0.410 e. The Morgan fingerprint density at radius 1 is 1.20 bits per heavy atom. The molecule has 0 aliphatic carbocycles. The zero-order chi connectivity index (χ0) is 15.2. The van der Waals surface area contributed by atoms with Crippen LogP contribution in [0.15, 0.2) is 12.2 Å². The zero-order valence-electron chi connectivity index (χ0n) is 13.2. The molecule has 2 N–H and O–H groups in total. The van der Waals surface area contributed by atoms with E-state index >= 15 is 0 Å². The predicted octanol–water partition coefficient (Wildman–Crippen LogP) is 1.83. The Hall–Kier alpha value is -1.07. The fourth-order valence-corrected chi connectivity index (χ4v) is 2.13. The number of nitrogens with two attached hydrogens (primary N) is 1. The van der Waals surface area contributed by atoms with Gasteiger partial charge < -0.3 is 15.4 Å². The van der Waals surface area contributed by atoms with Crippen molar-refractivity contribution in [3.8, 4) is 0 Å². The largest absolute Gasteiger partial charge is 0.444 e. The quantitative estimate of drug-likeness (QED) is 0.782. The van der Waals surface area contributed by atoms with Crippen molar-refractivity contribution in [1.29, 1.82) is 0 Å². The average Bonchev–Trinajstić information content (AvgIpc) is 2.35. The monoisotopic (exact) mass is 283 g/mol. The first-order chi connectivity index (χ1) is 9.31. The molecule has 0 aromatic carbocycles. The van der Waals surface area contributed by atoms with Crippen LogP contribution in [0.2, 0.25) is 0 Å². The van der Waals surface area contributed by atoms with Crippen LogP contribution < -0.4 is 5.73 Å². The van der Waals surface area contributed by atoms with Crippen molar-refractivity contribution in [3.63, 3.8) is 0 Å². The molecule has 0 unspecified atom stereocenters. The van der Waals surface area contributed by atoms with Crippen LogP contribution in [0.1, 0.15) is 33.6 Å². The summed E-state index contributed by atoms with van der Waals surface area (Å²) in [4.78, 5) is 16.1. The average molecular weight is 283 g/mol. The Morgan fingerprint density at radius 2 is 1.80 bits per heavy atom. The van der Waals surface area contributed by atoms with E-state index in [9.17, 15) is 4.79 Å². The highest BCUT2D eigenvalue weighted by molar-refractivity contribution is 5.68. The van der Waals surface area contributed by atoms with Crippen molar-refractivity contribution >= 4 is 6.09 Å². The standard InChI is InChI=1S/C15H29N3O2/c1-13(5-7-16)6-8-17-9-11-18(12-10-17)14(19)20-15(2,3)4/h1,5-12,16H2,2-4H3. The van der Waals surface area contributed by atoms with E-state index in [0.717, 1.165) is 45.6 Å². The van der Waals surface area contributed by atoms with Gasteiger partial charge in [-0.1, -0.05) is 12.2 Å².